The molecular formula is C18H18N2O2. The second kappa shape index (κ2) is 5.64. The van der Waals surface area contributed by atoms with Gasteiger partial charge in [-0.15, -0.1) is 0 Å². The third-order valence-electron chi connectivity index (χ3n) is 3.98. The third-order valence-corrected chi connectivity index (χ3v) is 3.98. The van der Waals surface area contributed by atoms with Crippen LogP contribution in [0.5, 0.6) is 0 Å². The lowest BCUT2D eigenvalue weighted by Crippen LogP contribution is -2.20. The van der Waals surface area contributed by atoms with Crippen LogP contribution in [0.15, 0.2) is 36.4 Å². The fourth-order valence-electron chi connectivity index (χ4n) is 2.72. The van der Waals surface area contributed by atoms with E-state index in [2.05, 4.69) is 10.6 Å². The summed E-state index contributed by atoms with van der Waals surface area (Å²) in [5.74, 6) is -0.0997. The van der Waals surface area contributed by atoms with E-state index in [4.69, 9.17) is 0 Å². The highest BCUT2D eigenvalue weighted by atomic mass is 16.2. The van der Waals surface area contributed by atoms with E-state index in [1.807, 2.05) is 38.1 Å². The lowest BCUT2D eigenvalue weighted by Gasteiger charge is -2.18. The average molecular weight is 294 g/mol. The first-order valence-corrected chi connectivity index (χ1v) is 7.35. The first-order valence-electron chi connectivity index (χ1n) is 7.35. The molecule has 1 aliphatic rings. The summed E-state index contributed by atoms with van der Waals surface area (Å²) in [6.45, 7) is 3.95. The highest BCUT2D eigenvalue weighted by molar-refractivity contribution is 6.06. The van der Waals surface area contributed by atoms with Crippen molar-refractivity contribution in [3.05, 3.63) is 58.7 Å². The molecule has 112 valence electrons. The quantitative estimate of drug-likeness (QED) is 0.891. The van der Waals surface area contributed by atoms with Gasteiger partial charge >= 0.3 is 0 Å². The van der Waals surface area contributed by atoms with Crippen molar-refractivity contribution in [2.24, 2.45) is 0 Å². The third kappa shape index (κ3) is 2.72. The zero-order valence-corrected chi connectivity index (χ0v) is 12.7. The van der Waals surface area contributed by atoms with Crippen LogP contribution in [0.2, 0.25) is 0 Å². The average Bonchev–Trinajstić information content (AvgIpc) is 2.50. The van der Waals surface area contributed by atoms with Crippen molar-refractivity contribution in [1.82, 2.24) is 0 Å². The maximum absolute atomic E-state index is 12.5. The van der Waals surface area contributed by atoms with Crippen LogP contribution < -0.4 is 10.6 Å². The monoisotopic (exact) mass is 294 g/mol. The molecule has 0 atom stereocenters. The Labute approximate surface area is 129 Å². The van der Waals surface area contributed by atoms with Gasteiger partial charge in [0.1, 0.15) is 0 Å². The first-order chi connectivity index (χ1) is 10.5. The topological polar surface area (TPSA) is 58.2 Å². The summed E-state index contributed by atoms with van der Waals surface area (Å²) in [4.78, 5) is 23.8. The van der Waals surface area contributed by atoms with Crippen LogP contribution in [0.25, 0.3) is 0 Å². The summed E-state index contributed by atoms with van der Waals surface area (Å²) >= 11 is 0. The van der Waals surface area contributed by atoms with Crippen molar-refractivity contribution in [1.29, 1.82) is 0 Å². The van der Waals surface area contributed by atoms with Crippen LogP contribution in [-0.2, 0) is 11.2 Å². The highest BCUT2D eigenvalue weighted by Gasteiger charge is 2.17. The van der Waals surface area contributed by atoms with Crippen LogP contribution >= 0.6 is 0 Å². The molecule has 0 saturated heterocycles. The van der Waals surface area contributed by atoms with Crippen LogP contribution in [0.1, 0.15) is 33.5 Å². The van der Waals surface area contributed by atoms with E-state index in [1.54, 1.807) is 12.1 Å². The van der Waals surface area contributed by atoms with Crippen molar-refractivity contribution < 1.29 is 9.59 Å². The van der Waals surface area contributed by atoms with Crippen molar-refractivity contribution in [2.75, 3.05) is 10.6 Å². The zero-order valence-electron chi connectivity index (χ0n) is 12.7. The Bertz CT molecular complexity index is 745. The van der Waals surface area contributed by atoms with Gasteiger partial charge in [0.2, 0.25) is 5.91 Å². The molecule has 0 spiro atoms. The van der Waals surface area contributed by atoms with Crippen LogP contribution in [0.3, 0.4) is 0 Å². The molecule has 2 aromatic carbocycles. The maximum atomic E-state index is 12.5. The number of para-hydroxylation sites is 1. The van der Waals surface area contributed by atoms with Crippen LogP contribution in [0.4, 0.5) is 11.4 Å². The molecule has 4 heteroatoms. The van der Waals surface area contributed by atoms with Gasteiger partial charge in [-0.2, -0.15) is 0 Å². The Hall–Kier alpha value is -2.62. The number of nitrogens with one attached hydrogen (secondary N) is 2. The molecule has 0 saturated carbocycles. The Balaban J connectivity index is 1.85. The second-order valence-electron chi connectivity index (χ2n) is 5.64. The number of benzene rings is 2. The molecule has 2 aromatic rings. The summed E-state index contributed by atoms with van der Waals surface area (Å²) in [7, 11) is 0. The van der Waals surface area contributed by atoms with Gasteiger partial charge in [-0.1, -0.05) is 18.2 Å². The van der Waals surface area contributed by atoms with Gasteiger partial charge in [0.15, 0.2) is 0 Å². The molecule has 3 rings (SSSR count). The van der Waals surface area contributed by atoms with Gasteiger partial charge in [0, 0.05) is 23.4 Å². The van der Waals surface area contributed by atoms with Crippen molar-refractivity contribution >= 4 is 23.2 Å². The number of aryl methyl sites for hydroxylation is 3. The Morgan fingerprint density at radius 1 is 1.09 bits per heavy atom. The molecule has 1 heterocycles. The lowest BCUT2D eigenvalue weighted by atomic mass is 10.00. The number of hydrogen-bond donors (Lipinski definition) is 2. The van der Waals surface area contributed by atoms with Crippen molar-refractivity contribution in [2.45, 2.75) is 26.7 Å². The summed E-state index contributed by atoms with van der Waals surface area (Å²) in [5.41, 5.74) is 5.36. The number of fused-ring (bicyclic) bond motifs is 1. The van der Waals surface area contributed by atoms with E-state index in [0.717, 1.165) is 28.1 Å². The number of carbonyl (C=O) groups is 2. The number of anilines is 2. The van der Waals surface area contributed by atoms with E-state index in [-0.39, 0.29) is 11.8 Å². The molecule has 0 unspecified atom stereocenters. The van der Waals surface area contributed by atoms with E-state index < -0.39 is 0 Å². The summed E-state index contributed by atoms with van der Waals surface area (Å²) in [5, 5.41) is 5.81. The van der Waals surface area contributed by atoms with Crippen molar-refractivity contribution in [3.63, 3.8) is 0 Å². The minimum atomic E-state index is -0.128. The summed E-state index contributed by atoms with van der Waals surface area (Å²) in [6, 6.07) is 11.3. The van der Waals surface area contributed by atoms with Crippen LogP contribution in [-0.4, -0.2) is 11.8 Å². The summed E-state index contributed by atoms with van der Waals surface area (Å²) in [6.07, 6.45) is 1.14. The van der Waals surface area contributed by atoms with Gasteiger partial charge in [-0.3, -0.25) is 9.59 Å². The van der Waals surface area contributed by atoms with E-state index in [9.17, 15) is 9.59 Å². The molecule has 0 aliphatic carbocycles. The van der Waals surface area contributed by atoms with Gasteiger partial charge < -0.3 is 10.6 Å². The molecular weight excluding hydrogens is 276 g/mol. The molecule has 22 heavy (non-hydrogen) atoms. The molecule has 2 N–H and O–H groups in total. The van der Waals surface area contributed by atoms with Gasteiger partial charge in [-0.25, -0.2) is 0 Å². The maximum Gasteiger partial charge on any atom is 0.255 e. The fraction of sp³-hybridized carbons (Fsp3) is 0.222. The minimum absolute atomic E-state index is 0.0280. The Morgan fingerprint density at radius 3 is 2.55 bits per heavy atom. The highest BCUT2D eigenvalue weighted by Crippen LogP contribution is 2.25. The predicted molar refractivity (Wildman–Crippen MR) is 87.3 cm³/mol. The number of rotatable bonds is 2. The molecule has 1 aliphatic heterocycles. The molecule has 4 nitrogen and oxygen atoms in total. The zero-order chi connectivity index (χ0) is 15.7. The fourth-order valence-corrected chi connectivity index (χ4v) is 2.72. The summed E-state index contributed by atoms with van der Waals surface area (Å²) < 4.78 is 0. The standard InChI is InChI=1S/C18H18N2O2/c1-11-4-3-5-12(2)17(11)20-18(22)14-6-8-15-13(10-14)7-9-16(21)19-15/h3-6,8,10H,7,9H2,1-2H3,(H,19,21)(H,20,22). The Morgan fingerprint density at radius 2 is 1.82 bits per heavy atom. The predicted octanol–water partition coefficient (Wildman–Crippen LogP) is 3.44. The van der Waals surface area contributed by atoms with Crippen molar-refractivity contribution in [3.8, 4) is 0 Å². The SMILES string of the molecule is Cc1cccc(C)c1NC(=O)c1ccc2c(c1)CCC(=O)N2. The van der Waals surface area contributed by atoms with E-state index in [1.165, 1.54) is 0 Å². The molecule has 0 radical (unpaired) electrons. The van der Waals surface area contributed by atoms with Gasteiger partial charge in [0.25, 0.3) is 5.91 Å². The second-order valence-corrected chi connectivity index (χ2v) is 5.64. The normalized spacial score (nSPS) is 13.3. The molecule has 2 amide bonds. The van der Waals surface area contributed by atoms with Crippen LogP contribution in [0, 0.1) is 13.8 Å². The lowest BCUT2D eigenvalue weighted by molar-refractivity contribution is -0.116. The molecule has 0 fully saturated rings. The van der Waals surface area contributed by atoms with Gasteiger partial charge in [0.05, 0.1) is 0 Å². The van der Waals surface area contributed by atoms with Gasteiger partial charge in [-0.05, 0) is 55.2 Å². The minimum Gasteiger partial charge on any atom is -0.326 e. The Kier molecular flexibility index (Phi) is 3.67. The number of amides is 2. The smallest absolute Gasteiger partial charge is 0.255 e. The number of carbonyl (C=O) groups excluding carboxylic acids is 2. The van der Waals surface area contributed by atoms with E-state index in [0.29, 0.717) is 18.4 Å². The first kappa shape index (κ1) is 14.3. The van der Waals surface area contributed by atoms with E-state index >= 15 is 0 Å². The largest absolute Gasteiger partial charge is 0.326 e. The molecule has 0 bridgehead atoms. The number of hydrogen-bond acceptors (Lipinski definition) is 2. The molecule has 0 aromatic heterocycles.